The van der Waals surface area contributed by atoms with E-state index >= 15 is 0 Å². The topological polar surface area (TPSA) is 71.4 Å². The quantitative estimate of drug-likeness (QED) is 0.602. The summed E-state index contributed by atoms with van der Waals surface area (Å²) in [5, 5.41) is 0.488. The number of sulfonamides is 1. The lowest BCUT2D eigenvalue weighted by Crippen LogP contribution is -2.46. The van der Waals surface area contributed by atoms with Gasteiger partial charge in [-0.1, -0.05) is 11.6 Å². The maximum atomic E-state index is 12.9. The Balaban J connectivity index is 1.37. The summed E-state index contributed by atoms with van der Waals surface area (Å²) in [6.07, 6.45) is 1.14. The monoisotopic (exact) mass is 471 g/mol. The van der Waals surface area contributed by atoms with Crippen LogP contribution in [0.15, 0.2) is 65.6 Å². The van der Waals surface area contributed by atoms with Crippen LogP contribution in [0.1, 0.15) is 34.6 Å². The van der Waals surface area contributed by atoms with Crippen molar-refractivity contribution in [3.63, 3.8) is 0 Å². The van der Waals surface area contributed by atoms with Crippen molar-refractivity contribution in [3.8, 4) is 5.69 Å². The molecule has 8 heteroatoms. The van der Waals surface area contributed by atoms with Gasteiger partial charge in [-0.2, -0.15) is 0 Å². The fourth-order valence-electron chi connectivity index (χ4n) is 4.11. The first-order chi connectivity index (χ1) is 15.2. The number of amides is 1. The predicted molar refractivity (Wildman–Crippen MR) is 126 cm³/mol. The summed E-state index contributed by atoms with van der Waals surface area (Å²) in [5.74, 6) is -0.0310. The van der Waals surface area contributed by atoms with Crippen LogP contribution in [0.3, 0.4) is 0 Å². The Hall–Kier alpha value is -2.61. The van der Waals surface area contributed by atoms with Gasteiger partial charge in [0, 0.05) is 46.8 Å². The van der Waals surface area contributed by atoms with Crippen LogP contribution in [0.2, 0.25) is 5.02 Å². The van der Waals surface area contributed by atoms with Crippen LogP contribution in [0, 0.1) is 13.8 Å². The molecule has 0 spiro atoms. The first-order valence-corrected chi connectivity index (χ1v) is 12.4. The highest BCUT2D eigenvalue weighted by molar-refractivity contribution is 7.89. The molecule has 4 rings (SSSR count). The molecule has 1 aliphatic rings. The largest absolute Gasteiger partial charge is 0.339 e. The third-order valence-electron chi connectivity index (χ3n) is 5.87. The number of aromatic nitrogens is 1. The average molecular weight is 472 g/mol. The summed E-state index contributed by atoms with van der Waals surface area (Å²) in [4.78, 5) is 14.9. The van der Waals surface area contributed by atoms with Crippen LogP contribution < -0.4 is 4.72 Å². The smallest absolute Gasteiger partial charge is 0.253 e. The van der Waals surface area contributed by atoms with Crippen molar-refractivity contribution in [2.75, 3.05) is 13.1 Å². The van der Waals surface area contributed by atoms with Crippen molar-refractivity contribution in [1.82, 2.24) is 14.2 Å². The first kappa shape index (κ1) is 22.6. The number of carbonyl (C=O) groups is 1. The minimum absolute atomic E-state index is 0.0310. The van der Waals surface area contributed by atoms with E-state index in [-0.39, 0.29) is 16.8 Å². The molecule has 0 bridgehead atoms. The number of hydrogen-bond acceptors (Lipinski definition) is 3. The van der Waals surface area contributed by atoms with E-state index in [0.29, 0.717) is 36.5 Å². The van der Waals surface area contributed by atoms with Gasteiger partial charge in [0.15, 0.2) is 0 Å². The Morgan fingerprint density at radius 3 is 2.03 bits per heavy atom. The highest BCUT2D eigenvalue weighted by Gasteiger charge is 2.27. The van der Waals surface area contributed by atoms with Gasteiger partial charge in [0.25, 0.3) is 5.91 Å². The van der Waals surface area contributed by atoms with Crippen molar-refractivity contribution in [3.05, 3.63) is 82.6 Å². The van der Waals surface area contributed by atoms with Gasteiger partial charge in [-0.15, -0.1) is 0 Å². The second-order valence-corrected chi connectivity index (χ2v) is 10.3. The van der Waals surface area contributed by atoms with E-state index in [2.05, 4.69) is 35.3 Å². The zero-order valence-corrected chi connectivity index (χ0v) is 19.7. The Bertz CT molecular complexity index is 1190. The van der Waals surface area contributed by atoms with Crippen molar-refractivity contribution in [1.29, 1.82) is 0 Å². The Labute approximate surface area is 193 Å². The van der Waals surface area contributed by atoms with Crippen LogP contribution in [-0.2, 0) is 10.0 Å². The molecule has 6 nitrogen and oxygen atoms in total. The molecule has 32 heavy (non-hydrogen) atoms. The molecule has 3 aromatic rings. The molecular formula is C24H26ClN3O3S. The number of likely N-dealkylation sites (tertiary alicyclic amines) is 1. The van der Waals surface area contributed by atoms with E-state index in [4.69, 9.17) is 11.6 Å². The Morgan fingerprint density at radius 2 is 1.47 bits per heavy atom. The molecule has 1 aliphatic heterocycles. The fraction of sp³-hybridized carbons (Fsp3) is 0.292. The second kappa shape index (κ2) is 9.10. The van der Waals surface area contributed by atoms with Crippen LogP contribution in [0.4, 0.5) is 0 Å². The minimum Gasteiger partial charge on any atom is -0.339 e. The van der Waals surface area contributed by atoms with Crippen molar-refractivity contribution in [2.45, 2.75) is 37.6 Å². The van der Waals surface area contributed by atoms with Crippen LogP contribution in [0.5, 0.6) is 0 Å². The molecule has 1 amide bonds. The van der Waals surface area contributed by atoms with Crippen LogP contribution in [0.25, 0.3) is 5.69 Å². The highest BCUT2D eigenvalue weighted by atomic mass is 35.5. The second-order valence-electron chi connectivity index (χ2n) is 8.14. The van der Waals surface area contributed by atoms with E-state index in [0.717, 1.165) is 17.1 Å². The van der Waals surface area contributed by atoms with Gasteiger partial charge in [0.1, 0.15) is 0 Å². The molecule has 0 saturated carbocycles. The summed E-state index contributed by atoms with van der Waals surface area (Å²) in [5.41, 5.74) is 3.95. The average Bonchev–Trinajstić information content (AvgIpc) is 3.12. The summed E-state index contributed by atoms with van der Waals surface area (Å²) in [7, 11) is -3.61. The SMILES string of the molecule is Cc1ccc(C)n1-c1ccc(C(=O)N2CCC(NS(=O)(=O)c3ccc(Cl)cc3)CC2)cc1. The maximum Gasteiger partial charge on any atom is 0.253 e. The standard InChI is InChI=1S/C24H26ClN3O3S/c1-17-3-4-18(2)28(17)22-9-5-19(6-10-22)24(29)27-15-13-21(14-16-27)26-32(30,31)23-11-7-20(25)8-12-23/h3-12,21,26H,13-16H2,1-2H3. The number of nitrogens with zero attached hydrogens (tertiary/aromatic N) is 2. The van der Waals surface area contributed by atoms with Gasteiger partial charge >= 0.3 is 0 Å². The lowest BCUT2D eigenvalue weighted by Gasteiger charge is -2.32. The number of benzene rings is 2. The number of rotatable bonds is 5. The molecule has 2 heterocycles. The zero-order valence-electron chi connectivity index (χ0n) is 18.1. The van der Waals surface area contributed by atoms with E-state index in [1.54, 1.807) is 17.0 Å². The minimum atomic E-state index is -3.61. The first-order valence-electron chi connectivity index (χ1n) is 10.6. The lowest BCUT2D eigenvalue weighted by atomic mass is 10.0. The van der Waals surface area contributed by atoms with E-state index in [9.17, 15) is 13.2 Å². The molecule has 0 radical (unpaired) electrons. The van der Waals surface area contributed by atoms with E-state index in [1.807, 2.05) is 24.3 Å². The fourth-order valence-corrected chi connectivity index (χ4v) is 5.54. The third kappa shape index (κ3) is 4.75. The number of piperidine rings is 1. The maximum absolute atomic E-state index is 12.9. The molecule has 0 atom stereocenters. The van der Waals surface area contributed by atoms with E-state index < -0.39 is 10.0 Å². The third-order valence-corrected chi connectivity index (χ3v) is 7.66. The van der Waals surface area contributed by atoms with Gasteiger partial charge in [0.05, 0.1) is 4.90 Å². The summed E-state index contributed by atoms with van der Waals surface area (Å²) < 4.78 is 30.1. The molecule has 1 fully saturated rings. The molecule has 1 N–H and O–H groups in total. The normalized spacial score (nSPS) is 15.2. The Morgan fingerprint density at radius 1 is 0.906 bits per heavy atom. The summed E-state index contributed by atoms with van der Waals surface area (Å²) in [6, 6.07) is 17.6. The van der Waals surface area contributed by atoms with Crippen molar-refractivity contribution >= 4 is 27.5 Å². The van der Waals surface area contributed by atoms with Crippen molar-refractivity contribution < 1.29 is 13.2 Å². The van der Waals surface area contributed by atoms with Gasteiger partial charge < -0.3 is 9.47 Å². The number of aryl methyl sites for hydroxylation is 2. The van der Waals surface area contributed by atoms with Crippen LogP contribution >= 0.6 is 11.6 Å². The van der Waals surface area contributed by atoms with Gasteiger partial charge in [-0.3, -0.25) is 4.79 Å². The van der Waals surface area contributed by atoms with Gasteiger partial charge in [-0.25, -0.2) is 13.1 Å². The number of hydrogen-bond donors (Lipinski definition) is 1. The summed E-state index contributed by atoms with van der Waals surface area (Å²) >= 11 is 5.84. The Kier molecular flexibility index (Phi) is 6.42. The zero-order chi connectivity index (χ0) is 22.9. The van der Waals surface area contributed by atoms with Gasteiger partial charge in [0.2, 0.25) is 10.0 Å². The number of nitrogens with one attached hydrogen (secondary N) is 1. The van der Waals surface area contributed by atoms with Crippen molar-refractivity contribution in [2.24, 2.45) is 0 Å². The molecule has 168 valence electrons. The molecule has 0 unspecified atom stereocenters. The molecule has 1 aromatic heterocycles. The predicted octanol–water partition coefficient (Wildman–Crippen LogP) is 4.33. The highest BCUT2D eigenvalue weighted by Crippen LogP contribution is 2.20. The summed E-state index contributed by atoms with van der Waals surface area (Å²) in [6.45, 7) is 5.11. The number of carbonyl (C=O) groups excluding carboxylic acids is 1. The van der Waals surface area contributed by atoms with Gasteiger partial charge in [-0.05, 0) is 87.4 Å². The lowest BCUT2D eigenvalue weighted by molar-refractivity contribution is 0.0711. The number of halogens is 1. The van der Waals surface area contributed by atoms with E-state index in [1.165, 1.54) is 12.1 Å². The molecule has 0 aliphatic carbocycles. The molecule has 2 aromatic carbocycles. The van der Waals surface area contributed by atoms with Crippen LogP contribution in [-0.4, -0.2) is 42.9 Å². The molecular weight excluding hydrogens is 446 g/mol. The molecule has 1 saturated heterocycles.